The topological polar surface area (TPSA) is 130 Å². The molecule has 0 aliphatic carbocycles. The number of aromatic nitrogens is 1. The summed E-state index contributed by atoms with van der Waals surface area (Å²) in [4.78, 5) is 58.1. The molecule has 36 heavy (non-hydrogen) atoms. The van der Waals surface area contributed by atoms with E-state index in [0.717, 1.165) is 37.2 Å². The maximum atomic E-state index is 12.9. The van der Waals surface area contributed by atoms with Crippen LogP contribution >= 0.6 is 0 Å². The van der Waals surface area contributed by atoms with Crippen molar-refractivity contribution in [1.82, 2.24) is 20.1 Å². The van der Waals surface area contributed by atoms with Crippen molar-refractivity contribution in [2.24, 2.45) is 5.41 Å². The Labute approximate surface area is 207 Å². The molecule has 3 fully saturated rings. The van der Waals surface area contributed by atoms with Gasteiger partial charge in [-0.2, -0.15) is 5.26 Å². The Morgan fingerprint density at radius 3 is 2.58 bits per heavy atom. The van der Waals surface area contributed by atoms with Gasteiger partial charge in [0.25, 0.3) is 11.8 Å². The fourth-order valence-corrected chi connectivity index (χ4v) is 5.96. The number of benzene rings is 1. The number of nitriles is 1. The van der Waals surface area contributed by atoms with E-state index in [9.17, 15) is 19.2 Å². The summed E-state index contributed by atoms with van der Waals surface area (Å²) in [5.74, 6) is -0.913. The smallest absolute Gasteiger partial charge is 0.270 e. The molecule has 0 radical (unpaired) electrons. The zero-order chi connectivity index (χ0) is 25.0. The molecule has 184 valence electrons. The van der Waals surface area contributed by atoms with Crippen molar-refractivity contribution < 1.29 is 19.2 Å². The van der Waals surface area contributed by atoms with Gasteiger partial charge in [0.2, 0.25) is 11.8 Å². The van der Waals surface area contributed by atoms with Crippen molar-refractivity contribution in [2.45, 2.75) is 38.3 Å². The van der Waals surface area contributed by atoms with E-state index in [2.05, 4.69) is 15.2 Å². The highest BCUT2D eigenvalue weighted by molar-refractivity contribution is 6.05. The summed E-state index contributed by atoms with van der Waals surface area (Å²) in [6.45, 7) is 3.55. The Hall–Kier alpha value is -4.13. The average Bonchev–Trinajstić information content (AvgIpc) is 3.47. The highest BCUT2D eigenvalue weighted by atomic mass is 16.2. The molecule has 5 heterocycles. The van der Waals surface area contributed by atoms with Crippen LogP contribution in [0, 0.1) is 16.7 Å². The molecule has 1 aromatic carbocycles. The highest BCUT2D eigenvalue weighted by Gasteiger charge is 2.46. The van der Waals surface area contributed by atoms with E-state index in [1.165, 1.54) is 0 Å². The molecular weight excluding hydrogens is 460 g/mol. The molecule has 1 atom stereocenters. The lowest BCUT2D eigenvalue weighted by Crippen LogP contribution is -2.61. The summed E-state index contributed by atoms with van der Waals surface area (Å²) < 4.78 is 0. The number of amides is 4. The first kappa shape index (κ1) is 22.3. The number of carbonyl (C=O) groups excluding carboxylic acids is 4. The third-order valence-electron chi connectivity index (χ3n) is 8.08. The van der Waals surface area contributed by atoms with Crippen molar-refractivity contribution in [3.63, 3.8) is 0 Å². The quantitative estimate of drug-likeness (QED) is 0.631. The molecule has 0 bridgehead atoms. The molecule has 4 amide bonds. The van der Waals surface area contributed by atoms with Gasteiger partial charge in [0.05, 0.1) is 5.56 Å². The number of piperidine rings is 2. The Bertz CT molecular complexity index is 1320. The molecule has 3 saturated heterocycles. The predicted molar refractivity (Wildman–Crippen MR) is 128 cm³/mol. The summed E-state index contributed by atoms with van der Waals surface area (Å²) in [5, 5.41) is 11.3. The van der Waals surface area contributed by atoms with Crippen LogP contribution < -0.4 is 10.2 Å². The molecule has 10 heteroatoms. The molecular formula is C26H26N6O4. The van der Waals surface area contributed by atoms with Crippen molar-refractivity contribution in [3.8, 4) is 6.07 Å². The molecule has 6 rings (SSSR count). The third-order valence-corrected chi connectivity index (χ3v) is 8.08. The van der Waals surface area contributed by atoms with E-state index in [1.54, 1.807) is 17.2 Å². The molecule has 4 aliphatic rings. The number of anilines is 1. The van der Waals surface area contributed by atoms with E-state index in [4.69, 9.17) is 5.26 Å². The van der Waals surface area contributed by atoms with Crippen LogP contribution in [0.3, 0.4) is 0 Å². The zero-order valence-electron chi connectivity index (χ0n) is 19.7. The lowest BCUT2D eigenvalue weighted by Gasteiger charge is -2.55. The summed E-state index contributed by atoms with van der Waals surface area (Å²) >= 11 is 0. The second-order valence-electron chi connectivity index (χ2n) is 10.3. The lowest BCUT2D eigenvalue weighted by atomic mass is 9.71. The van der Waals surface area contributed by atoms with E-state index in [1.807, 2.05) is 29.2 Å². The normalized spacial score (nSPS) is 22.8. The van der Waals surface area contributed by atoms with Crippen molar-refractivity contribution >= 4 is 29.3 Å². The molecule has 2 N–H and O–H groups in total. The molecule has 4 aliphatic heterocycles. The van der Waals surface area contributed by atoms with Gasteiger partial charge in [-0.15, -0.1) is 0 Å². The van der Waals surface area contributed by atoms with Crippen LogP contribution in [0.2, 0.25) is 0 Å². The number of nitrogens with one attached hydrogen (secondary N) is 2. The molecule has 1 spiro atoms. The third kappa shape index (κ3) is 3.63. The van der Waals surface area contributed by atoms with Gasteiger partial charge in [0.1, 0.15) is 17.8 Å². The highest BCUT2D eigenvalue weighted by Crippen LogP contribution is 2.43. The van der Waals surface area contributed by atoms with Crippen molar-refractivity contribution in [3.05, 3.63) is 52.8 Å². The second-order valence-corrected chi connectivity index (χ2v) is 10.3. The molecule has 0 saturated carbocycles. The van der Waals surface area contributed by atoms with Crippen LogP contribution in [0.5, 0.6) is 0 Å². The Balaban J connectivity index is 1.07. The first-order valence-electron chi connectivity index (χ1n) is 12.3. The van der Waals surface area contributed by atoms with Gasteiger partial charge in [-0.25, -0.2) is 0 Å². The van der Waals surface area contributed by atoms with Gasteiger partial charge < -0.3 is 19.7 Å². The minimum absolute atomic E-state index is 0.0635. The van der Waals surface area contributed by atoms with Gasteiger partial charge in [-0.3, -0.25) is 24.5 Å². The minimum Gasteiger partial charge on any atom is -0.370 e. The number of H-pyrrole nitrogens is 1. The monoisotopic (exact) mass is 486 g/mol. The Morgan fingerprint density at radius 2 is 1.89 bits per heavy atom. The van der Waals surface area contributed by atoms with Gasteiger partial charge in [-0.05, 0) is 49.1 Å². The van der Waals surface area contributed by atoms with Crippen LogP contribution in [-0.2, 0) is 16.1 Å². The number of likely N-dealkylation sites (tertiary alicyclic amines) is 1. The maximum absolute atomic E-state index is 12.9. The van der Waals surface area contributed by atoms with Crippen molar-refractivity contribution in [2.75, 3.05) is 31.1 Å². The maximum Gasteiger partial charge on any atom is 0.270 e. The number of carbonyl (C=O) groups is 4. The fourth-order valence-electron chi connectivity index (χ4n) is 5.96. The van der Waals surface area contributed by atoms with E-state index >= 15 is 0 Å². The number of rotatable bonds is 3. The number of hydrogen-bond donors (Lipinski definition) is 2. The van der Waals surface area contributed by atoms with Crippen LogP contribution in [0.1, 0.15) is 57.7 Å². The van der Waals surface area contributed by atoms with Crippen LogP contribution in [0.25, 0.3) is 0 Å². The largest absolute Gasteiger partial charge is 0.370 e. The number of fused-ring (bicyclic) bond motifs is 1. The first-order valence-corrected chi connectivity index (χ1v) is 12.3. The van der Waals surface area contributed by atoms with Crippen molar-refractivity contribution in [1.29, 1.82) is 5.26 Å². The van der Waals surface area contributed by atoms with E-state index in [0.29, 0.717) is 42.9 Å². The number of aromatic amines is 1. The van der Waals surface area contributed by atoms with E-state index in [-0.39, 0.29) is 29.6 Å². The standard InChI is InChI=1S/C26H26N6O4/c27-11-16-9-20(28-12-16)25(36)30-7-5-26(6-8-30)14-31(15-26)18-1-2-19-17(10-18)13-32(24(19)35)21-3-4-22(33)29-23(21)34/h1-2,9-10,12,21,28H,3-8,13-15H2,(H,29,33,34). The summed E-state index contributed by atoms with van der Waals surface area (Å²) in [6, 6.07) is 8.88. The number of hydrogen-bond acceptors (Lipinski definition) is 6. The number of imide groups is 1. The molecule has 1 unspecified atom stereocenters. The van der Waals surface area contributed by atoms with Crippen LogP contribution in [-0.4, -0.2) is 70.6 Å². The zero-order valence-corrected chi connectivity index (χ0v) is 19.7. The van der Waals surface area contributed by atoms with Gasteiger partial charge in [-0.1, -0.05) is 0 Å². The minimum atomic E-state index is -0.608. The molecule has 2 aromatic rings. The molecule has 1 aromatic heterocycles. The summed E-state index contributed by atoms with van der Waals surface area (Å²) in [6.07, 6.45) is 4.00. The molecule has 10 nitrogen and oxygen atoms in total. The van der Waals surface area contributed by atoms with Gasteiger partial charge in [0.15, 0.2) is 0 Å². The van der Waals surface area contributed by atoms with Crippen LogP contribution in [0.15, 0.2) is 30.5 Å². The predicted octanol–water partition coefficient (Wildman–Crippen LogP) is 1.39. The van der Waals surface area contributed by atoms with Gasteiger partial charge >= 0.3 is 0 Å². The van der Waals surface area contributed by atoms with Crippen LogP contribution in [0.4, 0.5) is 5.69 Å². The summed E-state index contributed by atoms with van der Waals surface area (Å²) in [7, 11) is 0. The number of nitrogens with zero attached hydrogens (tertiary/aromatic N) is 4. The average molecular weight is 487 g/mol. The summed E-state index contributed by atoms with van der Waals surface area (Å²) in [5.41, 5.74) is 3.68. The second kappa shape index (κ2) is 8.22. The SMILES string of the molecule is N#Cc1c[nH]c(C(=O)N2CCC3(CC2)CN(c2ccc4c(c2)CN(C2CCC(=O)NC2=O)C4=O)C3)c1. The Kier molecular flexibility index (Phi) is 5.10. The lowest BCUT2D eigenvalue weighted by molar-refractivity contribution is -0.136. The van der Waals surface area contributed by atoms with E-state index < -0.39 is 11.9 Å². The van der Waals surface area contributed by atoms with Gasteiger partial charge in [0, 0.05) is 62.0 Å². The Morgan fingerprint density at radius 1 is 1.11 bits per heavy atom. The first-order chi connectivity index (χ1) is 17.4. The fraction of sp³-hybridized carbons (Fsp3) is 0.423.